The number of aryl methyl sites for hydroxylation is 2. The first-order valence-electron chi connectivity index (χ1n) is 8.77. The number of esters is 1. The monoisotopic (exact) mass is 385 g/mol. The molecular weight excluding hydrogens is 365 g/mol. The smallest absolute Gasteiger partial charge is 0.306 e. The average molecular weight is 385 g/mol. The molecule has 0 radical (unpaired) electrons. The summed E-state index contributed by atoms with van der Waals surface area (Å²) in [5.74, 6) is -1.01. The maximum atomic E-state index is 13.2. The normalized spacial score (nSPS) is 12.0. The quantitative estimate of drug-likeness (QED) is 0.654. The molecule has 1 amide bonds. The van der Waals surface area contributed by atoms with Gasteiger partial charge in [0.15, 0.2) is 6.10 Å². The molecule has 0 bridgehead atoms. The van der Waals surface area contributed by atoms with Gasteiger partial charge in [-0.3, -0.25) is 9.59 Å². The summed E-state index contributed by atoms with van der Waals surface area (Å²) in [7, 11) is 0. The number of amides is 1. The number of nitrogens with one attached hydrogen (secondary N) is 1. The Morgan fingerprint density at radius 3 is 2.86 bits per heavy atom. The highest BCUT2D eigenvalue weighted by Crippen LogP contribution is 2.16. The second kappa shape index (κ2) is 8.12. The molecule has 1 atom stereocenters. The zero-order chi connectivity index (χ0) is 20.3. The lowest BCUT2D eigenvalue weighted by Gasteiger charge is -2.14. The summed E-state index contributed by atoms with van der Waals surface area (Å²) in [6.45, 7) is 5.19. The number of nitrogens with zero attached hydrogens (tertiary/aromatic N) is 4. The summed E-state index contributed by atoms with van der Waals surface area (Å²) in [6, 6.07) is 5.49. The van der Waals surface area contributed by atoms with E-state index in [1.165, 1.54) is 31.5 Å². The Morgan fingerprint density at radius 2 is 2.11 bits per heavy atom. The Kier molecular flexibility index (Phi) is 5.62. The first-order valence-corrected chi connectivity index (χ1v) is 8.77. The highest BCUT2D eigenvalue weighted by molar-refractivity contribution is 5.95. The Morgan fingerprint density at radius 1 is 1.32 bits per heavy atom. The Balaban J connectivity index is 1.57. The van der Waals surface area contributed by atoms with Gasteiger partial charge in [-0.15, -0.1) is 0 Å². The molecule has 0 unspecified atom stereocenters. The highest BCUT2D eigenvalue weighted by atomic mass is 19.1. The molecule has 0 aliphatic heterocycles. The number of ether oxygens (including phenoxy) is 1. The van der Waals surface area contributed by atoms with Gasteiger partial charge in [-0.2, -0.15) is 10.1 Å². The number of fused-ring (bicyclic) bond motifs is 1. The fourth-order valence-corrected chi connectivity index (χ4v) is 2.86. The summed E-state index contributed by atoms with van der Waals surface area (Å²) in [5, 5.41) is 6.62. The van der Waals surface area contributed by atoms with Crippen molar-refractivity contribution in [1.29, 1.82) is 0 Å². The molecule has 1 aromatic carbocycles. The minimum Gasteiger partial charge on any atom is -0.453 e. The lowest BCUT2D eigenvalue weighted by Crippen LogP contribution is -2.30. The van der Waals surface area contributed by atoms with Crippen LogP contribution in [0.5, 0.6) is 0 Å². The molecule has 28 heavy (non-hydrogen) atoms. The summed E-state index contributed by atoms with van der Waals surface area (Å²) in [4.78, 5) is 32.7. The molecule has 0 saturated carbocycles. The number of benzene rings is 1. The van der Waals surface area contributed by atoms with Crippen molar-refractivity contribution >= 4 is 23.3 Å². The molecule has 0 aliphatic carbocycles. The van der Waals surface area contributed by atoms with Crippen molar-refractivity contribution in [3.05, 3.63) is 53.4 Å². The van der Waals surface area contributed by atoms with Gasteiger partial charge in [0.2, 0.25) is 0 Å². The van der Waals surface area contributed by atoms with E-state index in [4.69, 9.17) is 4.74 Å². The number of carbonyl (C=O) groups excluding carboxylic acids is 2. The molecule has 0 fully saturated rings. The number of hydrogen-bond acceptors (Lipinski definition) is 6. The van der Waals surface area contributed by atoms with Crippen molar-refractivity contribution < 1.29 is 18.7 Å². The molecule has 146 valence electrons. The van der Waals surface area contributed by atoms with Gasteiger partial charge < -0.3 is 10.1 Å². The zero-order valence-corrected chi connectivity index (χ0v) is 15.8. The second-order valence-corrected chi connectivity index (χ2v) is 6.36. The molecule has 3 aromatic rings. The standard InChI is InChI=1S/C19H20FN5O3/c1-11-16(12(2)25-19(23-11)21-10-22-25)7-8-17(26)28-13(3)18(27)24-15-6-4-5-14(20)9-15/h4-6,9-10,13H,7-8H2,1-3H3,(H,24,27)/t13-/m1/s1. The number of anilines is 1. The van der Waals surface area contributed by atoms with E-state index in [-0.39, 0.29) is 6.42 Å². The topological polar surface area (TPSA) is 98.5 Å². The summed E-state index contributed by atoms with van der Waals surface area (Å²) < 4.78 is 20.0. The van der Waals surface area contributed by atoms with Crippen LogP contribution in [0.1, 0.15) is 30.3 Å². The van der Waals surface area contributed by atoms with Gasteiger partial charge in [0.25, 0.3) is 11.7 Å². The predicted molar refractivity (Wildman–Crippen MR) is 99.2 cm³/mol. The van der Waals surface area contributed by atoms with Gasteiger partial charge >= 0.3 is 5.97 Å². The number of halogens is 1. The Labute approximate surface area is 160 Å². The molecular formula is C19H20FN5O3. The minimum absolute atomic E-state index is 0.0845. The average Bonchev–Trinajstić information content (AvgIpc) is 3.10. The van der Waals surface area contributed by atoms with Crippen LogP contribution < -0.4 is 5.32 Å². The van der Waals surface area contributed by atoms with E-state index in [0.29, 0.717) is 17.9 Å². The molecule has 3 rings (SSSR count). The maximum absolute atomic E-state index is 13.2. The second-order valence-electron chi connectivity index (χ2n) is 6.36. The van der Waals surface area contributed by atoms with E-state index >= 15 is 0 Å². The van der Waals surface area contributed by atoms with Crippen molar-refractivity contribution in [2.75, 3.05) is 5.32 Å². The molecule has 1 N–H and O–H groups in total. The third-order valence-corrected chi connectivity index (χ3v) is 4.34. The molecule has 2 heterocycles. The van der Waals surface area contributed by atoms with Crippen LogP contribution >= 0.6 is 0 Å². The third kappa shape index (κ3) is 4.30. The van der Waals surface area contributed by atoms with E-state index in [9.17, 15) is 14.0 Å². The molecule has 8 nitrogen and oxygen atoms in total. The highest BCUT2D eigenvalue weighted by Gasteiger charge is 2.19. The lowest BCUT2D eigenvalue weighted by atomic mass is 10.1. The van der Waals surface area contributed by atoms with Crippen LogP contribution in [-0.2, 0) is 20.7 Å². The minimum atomic E-state index is -1.01. The van der Waals surface area contributed by atoms with Crippen molar-refractivity contribution in [2.45, 2.75) is 39.7 Å². The molecule has 0 aliphatic rings. The van der Waals surface area contributed by atoms with E-state index in [2.05, 4.69) is 20.4 Å². The van der Waals surface area contributed by atoms with Crippen LogP contribution in [-0.4, -0.2) is 37.6 Å². The van der Waals surface area contributed by atoms with E-state index in [1.54, 1.807) is 10.6 Å². The van der Waals surface area contributed by atoms with Crippen molar-refractivity contribution in [1.82, 2.24) is 19.6 Å². The summed E-state index contributed by atoms with van der Waals surface area (Å²) >= 11 is 0. The number of aromatic nitrogens is 4. The van der Waals surface area contributed by atoms with Gasteiger partial charge in [0.05, 0.1) is 0 Å². The number of carbonyl (C=O) groups is 2. The van der Waals surface area contributed by atoms with Crippen LogP contribution in [0.4, 0.5) is 10.1 Å². The van der Waals surface area contributed by atoms with Crippen LogP contribution in [0.25, 0.3) is 5.78 Å². The van der Waals surface area contributed by atoms with E-state index in [0.717, 1.165) is 17.0 Å². The largest absolute Gasteiger partial charge is 0.453 e. The lowest BCUT2D eigenvalue weighted by molar-refractivity contribution is -0.153. The van der Waals surface area contributed by atoms with Crippen molar-refractivity contribution in [3.8, 4) is 0 Å². The van der Waals surface area contributed by atoms with Gasteiger partial charge in [-0.1, -0.05) is 6.07 Å². The Hall–Kier alpha value is -3.36. The van der Waals surface area contributed by atoms with Gasteiger partial charge in [0, 0.05) is 23.5 Å². The van der Waals surface area contributed by atoms with Crippen LogP contribution in [0.2, 0.25) is 0 Å². The SMILES string of the molecule is Cc1nc2ncnn2c(C)c1CCC(=O)O[C@H](C)C(=O)Nc1cccc(F)c1. The van der Waals surface area contributed by atoms with Crippen LogP contribution in [0.3, 0.4) is 0 Å². The number of hydrogen-bond donors (Lipinski definition) is 1. The third-order valence-electron chi connectivity index (χ3n) is 4.34. The van der Waals surface area contributed by atoms with Gasteiger partial charge in [-0.05, 0) is 51.0 Å². The molecule has 0 spiro atoms. The van der Waals surface area contributed by atoms with Crippen LogP contribution in [0, 0.1) is 19.7 Å². The van der Waals surface area contributed by atoms with Gasteiger partial charge in [-0.25, -0.2) is 13.9 Å². The van der Waals surface area contributed by atoms with E-state index < -0.39 is 23.8 Å². The van der Waals surface area contributed by atoms with Crippen molar-refractivity contribution in [2.24, 2.45) is 0 Å². The zero-order valence-electron chi connectivity index (χ0n) is 15.8. The fourth-order valence-electron chi connectivity index (χ4n) is 2.86. The number of rotatable bonds is 6. The van der Waals surface area contributed by atoms with Crippen molar-refractivity contribution in [3.63, 3.8) is 0 Å². The van der Waals surface area contributed by atoms with Crippen LogP contribution in [0.15, 0.2) is 30.6 Å². The maximum Gasteiger partial charge on any atom is 0.306 e. The molecule has 9 heteroatoms. The molecule has 0 saturated heterocycles. The summed E-state index contributed by atoms with van der Waals surface area (Å²) in [5.41, 5.74) is 2.80. The predicted octanol–water partition coefficient (Wildman–Crippen LogP) is 2.38. The summed E-state index contributed by atoms with van der Waals surface area (Å²) in [6.07, 6.45) is 0.901. The fraction of sp³-hybridized carbons (Fsp3) is 0.316. The van der Waals surface area contributed by atoms with Gasteiger partial charge in [0.1, 0.15) is 12.1 Å². The molecule has 2 aromatic heterocycles. The first kappa shape index (κ1) is 19.4. The van der Waals surface area contributed by atoms with E-state index in [1.807, 2.05) is 13.8 Å². The first-order chi connectivity index (χ1) is 13.3. The Bertz CT molecular complexity index is 1030.